The van der Waals surface area contributed by atoms with Crippen molar-refractivity contribution < 1.29 is 23.8 Å². The van der Waals surface area contributed by atoms with Crippen molar-refractivity contribution in [1.82, 2.24) is 5.32 Å². The predicted octanol–water partition coefficient (Wildman–Crippen LogP) is 7.50. The van der Waals surface area contributed by atoms with Crippen molar-refractivity contribution in [2.24, 2.45) is 0 Å². The van der Waals surface area contributed by atoms with E-state index in [0.717, 1.165) is 30.8 Å². The van der Waals surface area contributed by atoms with Gasteiger partial charge in [-0.2, -0.15) is 0 Å². The minimum Gasteiger partial charge on any atom is -0.494 e. The van der Waals surface area contributed by atoms with Crippen molar-refractivity contribution in [2.45, 2.75) is 64.3 Å². The van der Waals surface area contributed by atoms with E-state index in [0.29, 0.717) is 38.4 Å². The summed E-state index contributed by atoms with van der Waals surface area (Å²) in [4.78, 5) is 21.8. The second-order valence-corrected chi connectivity index (χ2v) is 11.8. The number of Topliss-reactive ketones (excluding diaryl/α,β-unsaturated/α-hetero) is 1. The van der Waals surface area contributed by atoms with Crippen LogP contribution in [0.3, 0.4) is 0 Å². The first kappa shape index (κ1) is 31.9. The lowest BCUT2D eigenvalue weighted by Gasteiger charge is -2.32. The van der Waals surface area contributed by atoms with Gasteiger partial charge in [0.25, 0.3) is 6.47 Å². The lowest BCUT2D eigenvalue weighted by molar-refractivity contribution is -0.138. The van der Waals surface area contributed by atoms with Gasteiger partial charge in [0.15, 0.2) is 5.78 Å². The Labute approximate surface area is 255 Å². The summed E-state index contributed by atoms with van der Waals surface area (Å²) in [5, 5.41) is 5.99. The van der Waals surface area contributed by atoms with Gasteiger partial charge in [0.1, 0.15) is 11.4 Å². The molecule has 0 aliphatic carbocycles. The van der Waals surface area contributed by atoms with E-state index in [4.69, 9.17) is 9.47 Å². The molecular weight excluding hydrogens is 538 g/mol. The lowest BCUT2D eigenvalue weighted by Crippen LogP contribution is -2.40. The number of piperidine rings is 1. The zero-order chi connectivity index (χ0) is 30.5. The molecule has 1 aliphatic rings. The van der Waals surface area contributed by atoms with Crippen LogP contribution >= 0.6 is 0 Å². The van der Waals surface area contributed by atoms with Crippen LogP contribution in [0.4, 0.5) is 0 Å². The molecule has 5 rings (SSSR count). The Kier molecular flexibility index (Phi) is 11.9. The summed E-state index contributed by atoms with van der Waals surface area (Å²) in [6.45, 7) is 8.91. The number of ether oxygens (including phenoxy) is 3. The lowest BCUT2D eigenvalue weighted by atomic mass is 9.87. The average Bonchev–Trinajstić information content (AvgIpc) is 3.02. The largest absolute Gasteiger partial charge is 0.494 e. The van der Waals surface area contributed by atoms with Crippen LogP contribution in [0.15, 0.2) is 97.1 Å². The number of carbonyl (C=O) groups is 2. The van der Waals surface area contributed by atoms with Crippen molar-refractivity contribution in [2.75, 3.05) is 19.7 Å². The highest BCUT2D eigenvalue weighted by Gasteiger charge is 2.27. The van der Waals surface area contributed by atoms with Gasteiger partial charge in [-0.1, -0.05) is 78.9 Å². The summed E-state index contributed by atoms with van der Waals surface area (Å²) in [6, 6.07) is 32.8. The van der Waals surface area contributed by atoms with Gasteiger partial charge in [0.05, 0.1) is 19.3 Å². The van der Waals surface area contributed by atoms with Crippen molar-refractivity contribution >= 4 is 23.0 Å². The topological polar surface area (TPSA) is 73.9 Å². The molecule has 0 bridgehead atoms. The van der Waals surface area contributed by atoms with E-state index in [1.54, 1.807) is 0 Å². The van der Waals surface area contributed by atoms with E-state index in [9.17, 15) is 9.59 Å². The Morgan fingerprint density at radius 1 is 0.907 bits per heavy atom. The summed E-state index contributed by atoms with van der Waals surface area (Å²) >= 11 is 0. The Morgan fingerprint density at radius 2 is 1.63 bits per heavy atom. The van der Waals surface area contributed by atoms with E-state index in [1.807, 2.05) is 63.2 Å². The Bertz CT molecular complexity index is 1430. The maximum absolute atomic E-state index is 12.2. The molecule has 1 fully saturated rings. The second kappa shape index (κ2) is 16.0. The highest BCUT2D eigenvalue weighted by atomic mass is 16.5. The third-order valence-electron chi connectivity index (χ3n) is 7.33. The van der Waals surface area contributed by atoms with Gasteiger partial charge in [0.2, 0.25) is 0 Å². The van der Waals surface area contributed by atoms with Gasteiger partial charge >= 0.3 is 0 Å². The van der Waals surface area contributed by atoms with Gasteiger partial charge in [0, 0.05) is 24.4 Å². The van der Waals surface area contributed by atoms with E-state index < -0.39 is 0 Å². The van der Waals surface area contributed by atoms with Gasteiger partial charge in [-0.15, -0.1) is 0 Å². The summed E-state index contributed by atoms with van der Waals surface area (Å²) < 4.78 is 16.9. The van der Waals surface area contributed by atoms with Crippen molar-refractivity contribution in [3.63, 3.8) is 0 Å². The van der Waals surface area contributed by atoms with Crippen LogP contribution in [0, 0.1) is 0 Å². The monoisotopic (exact) mass is 581 g/mol. The van der Waals surface area contributed by atoms with Crippen LogP contribution < -0.4 is 10.1 Å². The molecule has 0 amide bonds. The molecule has 1 aliphatic heterocycles. The van der Waals surface area contributed by atoms with Crippen molar-refractivity contribution in [1.29, 1.82) is 0 Å². The smallest absolute Gasteiger partial charge is 0.293 e. The molecule has 43 heavy (non-hydrogen) atoms. The average molecular weight is 582 g/mol. The molecule has 2 atom stereocenters. The zero-order valence-electron chi connectivity index (χ0n) is 25.5. The zero-order valence-corrected chi connectivity index (χ0v) is 25.5. The third kappa shape index (κ3) is 10.3. The molecule has 6 nitrogen and oxygen atoms in total. The molecule has 4 aromatic rings. The maximum Gasteiger partial charge on any atom is 0.293 e. The highest BCUT2D eigenvalue weighted by Crippen LogP contribution is 2.30. The van der Waals surface area contributed by atoms with Crippen LogP contribution in [0.25, 0.3) is 10.8 Å². The summed E-state index contributed by atoms with van der Waals surface area (Å²) in [5.74, 6) is 1.35. The van der Waals surface area contributed by atoms with Crippen LogP contribution in [-0.2, 0) is 20.9 Å². The quantitative estimate of drug-likeness (QED) is 0.112. The fourth-order valence-electron chi connectivity index (χ4n) is 5.06. The molecule has 0 radical (unpaired) electrons. The Balaban J connectivity index is 0.000000541. The number of nitrogens with one attached hydrogen (secondary N) is 1. The van der Waals surface area contributed by atoms with E-state index >= 15 is 0 Å². The Hall–Kier alpha value is -4.00. The first-order valence-electron chi connectivity index (χ1n) is 15.0. The molecular formula is C37H43NO5. The minimum atomic E-state index is -0.318. The molecule has 1 N–H and O–H groups in total. The summed E-state index contributed by atoms with van der Waals surface area (Å²) in [7, 11) is 0. The fourth-order valence-corrected chi connectivity index (χ4v) is 5.06. The van der Waals surface area contributed by atoms with Gasteiger partial charge < -0.3 is 19.5 Å². The minimum absolute atomic E-state index is 0.126. The molecule has 4 aromatic carbocycles. The number of carbonyl (C=O) groups excluding carboxylic acids is 2. The predicted molar refractivity (Wildman–Crippen MR) is 172 cm³/mol. The second-order valence-electron chi connectivity index (χ2n) is 11.8. The number of benzene rings is 4. The third-order valence-corrected chi connectivity index (χ3v) is 7.33. The van der Waals surface area contributed by atoms with E-state index in [-0.39, 0.29) is 17.5 Å². The standard InChI is InChI=1S/C32H33NO3.C5H10O2/c34-31(27-8-2-1-3-9-27)11-6-20-35-29-16-14-26(15-17-29)30-18-19-33-22-32(30)36-23-24-12-13-25-7-4-5-10-28(25)21-24;1-5(2,3)7-4-6/h1-5,7-10,12-17,21,30,32-33H,6,11,18-20,22-23H2;4H,1-3H3. The molecule has 2 unspecified atom stereocenters. The molecule has 1 saturated heterocycles. The first-order valence-corrected chi connectivity index (χ1v) is 15.0. The number of ketones is 1. The SMILES string of the molecule is CC(C)(C)OC=O.O=C(CCCOc1ccc(C2CCNCC2OCc2ccc3ccccc3c2)cc1)c1ccccc1. The molecule has 226 valence electrons. The summed E-state index contributed by atoms with van der Waals surface area (Å²) in [6.07, 6.45) is 2.37. The van der Waals surface area contributed by atoms with Crippen LogP contribution in [0.1, 0.15) is 67.4 Å². The molecule has 0 aromatic heterocycles. The summed E-state index contributed by atoms with van der Waals surface area (Å²) in [5.41, 5.74) is 2.93. The van der Waals surface area contributed by atoms with Gasteiger partial charge in [-0.3, -0.25) is 9.59 Å². The number of hydrogen-bond donors (Lipinski definition) is 1. The maximum atomic E-state index is 12.2. The molecule has 0 saturated carbocycles. The number of fused-ring (bicyclic) bond motifs is 1. The Morgan fingerprint density at radius 3 is 2.33 bits per heavy atom. The molecule has 1 heterocycles. The van der Waals surface area contributed by atoms with Gasteiger partial charge in [-0.25, -0.2) is 0 Å². The van der Waals surface area contributed by atoms with E-state index in [2.05, 4.69) is 64.7 Å². The fraction of sp³-hybridized carbons (Fsp3) is 0.351. The van der Waals surface area contributed by atoms with E-state index in [1.165, 1.54) is 21.9 Å². The number of hydrogen-bond acceptors (Lipinski definition) is 6. The van der Waals surface area contributed by atoms with Crippen LogP contribution in [0.5, 0.6) is 5.75 Å². The molecule has 0 spiro atoms. The normalized spacial score (nSPS) is 16.5. The van der Waals surface area contributed by atoms with Crippen LogP contribution in [-0.4, -0.2) is 43.7 Å². The highest BCUT2D eigenvalue weighted by molar-refractivity contribution is 5.95. The van der Waals surface area contributed by atoms with Crippen molar-refractivity contribution in [3.05, 3.63) is 114 Å². The first-order chi connectivity index (χ1) is 20.8. The van der Waals surface area contributed by atoms with Crippen molar-refractivity contribution in [3.8, 4) is 5.75 Å². The number of rotatable bonds is 11. The van der Waals surface area contributed by atoms with Crippen LogP contribution in [0.2, 0.25) is 0 Å². The van der Waals surface area contributed by atoms with Gasteiger partial charge in [-0.05, 0) is 80.3 Å². The molecule has 6 heteroatoms.